The molecule has 0 spiro atoms. The second-order valence-electron chi connectivity index (χ2n) is 6.33. The van der Waals surface area contributed by atoms with Crippen LogP contribution in [0, 0.1) is 19.3 Å². The zero-order valence-corrected chi connectivity index (χ0v) is 16.0. The second kappa shape index (κ2) is 7.75. The summed E-state index contributed by atoms with van der Waals surface area (Å²) in [6.07, 6.45) is 2.44. The number of rotatable bonds is 5. The molecular weight excluding hydrogens is 372 g/mol. The molecule has 1 aromatic heterocycles. The molecule has 0 aliphatic rings. The monoisotopic (exact) mass is 392 g/mol. The minimum Gasteiger partial charge on any atom is -0.305 e. The van der Waals surface area contributed by atoms with E-state index < -0.39 is 0 Å². The number of halogens is 1. The molecule has 0 aliphatic heterocycles. The van der Waals surface area contributed by atoms with Crippen molar-refractivity contribution >= 4 is 21.6 Å². The van der Waals surface area contributed by atoms with Crippen LogP contribution in [0.25, 0.3) is 0 Å². The fourth-order valence-corrected chi connectivity index (χ4v) is 3.40. The molecule has 126 valence electrons. The molecule has 0 fully saturated rings. The van der Waals surface area contributed by atoms with Crippen LogP contribution in [-0.4, -0.2) is 10.7 Å². The highest BCUT2D eigenvalue weighted by molar-refractivity contribution is 9.10. The molecule has 1 N–H and O–H groups in total. The molecule has 3 rings (SSSR count). The zero-order valence-electron chi connectivity index (χ0n) is 14.5. The van der Waals surface area contributed by atoms with Crippen LogP contribution in [0.4, 0.5) is 0 Å². The van der Waals surface area contributed by atoms with Gasteiger partial charge in [0.1, 0.15) is 0 Å². The van der Waals surface area contributed by atoms with Crippen molar-refractivity contribution in [2.75, 3.05) is 0 Å². The van der Waals surface area contributed by atoms with Crippen molar-refractivity contribution in [1.29, 1.82) is 5.41 Å². The van der Waals surface area contributed by atoms with Gasteiger partial charge in [0, 0.05) is 34.4 Å². The SMILES string of the molecule is Cc1cc(C(=N)CC(c2ccc(Br)cc2)c2ccccc2C)ccn1. The normalized spacial score (nSPS) is 12.0. The van der Waals surface area contributed by atoms with E-state index in [1.807, 2.05) is 19.1 Å². The summed E-state index contributed by atoms with van der Waals surface area (Å²) in [5, 5.41) is 8.63. The summed E-state index contributed by atoms with van der Waals surface area (Å²) in [5.41, 5.74) is 6.30. The van der Waals surface area contributed by atoms with E-state index in [1.165, 1.54) is 16.7 Å². The van der Waals surface area contributed by atoms with Crippen LogP contribution >= 0.6 is 15.9 Å². The molecule has 1 atom stereocenters. The van der Waals surface area contributed by atoms with E-state index in [0.717, 1.165) is 15.7 Å². The van der Waals surface area contributed by atoms with Crippen LogP contribution in [0.3, 0.4) is 0 Å². The number of hydrogen-bond donors (Lipinski definition) is 1. The first-order chi connectivity index (χ1) is 12.0. The number of nitrogens with zero attached hydrogens (tertiary/aromatic N) is 1. The molecule has 0 saturated carbocycles. The van der Waals surface area contributed by atoms with E-state index in [2.05, 4.69) is 76.4 Å². The number of aryl methyl sites for hydroxylation is 2. The minimum absolute atomic E-state index is 0.162. The highest BCUT2D eigenvalue weighted by Gasteiger charge is 2.19. The molecule has 2 nitrogen and oxygen atoms in total. The Morgan fingerprint density at radius 2 is 1.76 bits per heavy atom. The highest BCUT2D eigenvalue weighted by atomic mass is 79.9. The van der Waals surface area contributed by atoms with Crippen LogP contribution in [0.1, 0.15) is 40.3 Å². The maximum atomic E-state index is 8.63. The maximum absolute atomic E-state index is 8.63. The average Bonchev–Trinajstić information content (AvgIpc) is 2.61. The highest BCUT2D eigenvalue weighted by Crippen LogP contribution is 2.32. The smallest absolute Gasteiger partial charge is 0.0396 e. The zero-order chi connectivity index (χ0) is 17.8. The average molecular weight is 393 g/mol. The number of hydrogen-bond acceptors (Lipinski definition) is 2. The Kier molecular flexibility index (Phi) is 5.44. The first-order valence-electron chi connectivity index (χ1n) is 8.36. The van der Waals surface area contributed by atoms with Crippen LogP contribution in [-0.2, 0) is 0 Å². The van der Waals surface area contributed by atoms with Gasteiger partial charge in [-0.1, -0.05) is 52.3 Å². The number of pyridine rings is 1. The second-order valence-corrected chi connectivity index (χ2v) is 7.24. The van der Waals surface area contributed by atoms with Gasteiger partial charge in [0.25, 0.3) is 0 Å². The Morgan fingerprint density at radius 1 is 1.04 bits per heavy atom. The summed E-state index contributed by atoms with van der Waals surface area (Å²) >= 11 is 3.51. The van der Waals surface area contributed by atoms with Gasteiger partial charge in [-0.3, -0.25) is 4.98 Å². The molecule has 0 radical (unpaired) electrons. The van der Waals surface area contributed by atoms with E-state index in [1.54, 1.807) is 6.20 Å². The van der Waals surface area contributed by atoms with Crippen LogP contribution in [0.15, 0.2) is 71.3 Å². The fourth-order valence-electron chi connectivity index (χ4n) is 3.14. The van der Waals surface area contributed by atoms with Crippen molar-refractivity contribution in [2.24, 2.45) is 0 Å². The molecule has 3 aromatic rings. The van der Waals surface area contributed by atoms with Gasteiger partial charge in [-0.2, -0.15) is 0 Å². The molecule has 1 heterocycles. The van der Waals surface area contributed by atoms with Crippen molar-refractivity contribution in [3.05, 3.63) is 99.3 Å². The van der Waals surface area contributed by atoms with Crippen molar-refractivity contribution < 1.29 is 0 Å². The van der Waals surface area contributed by atoms with Crippen molar-refractivity contribution in [2.45, 2.75) is 26.2 Å². The summed E-state index contributed by atoms with van der Waals surface area (Å²) in [7, 11) is 0. The lowest BCUT2D eigenvalue weighted by Crippen LogP contribution is -2.11. The van der Waals surface area contributed by atoms with Gasteiger partial charge in [0.15, 0.2) is 0 Å². The third-order valence-electron chi connectivity index (χ3n) is 4.49. The van der Waals surface area contributed by atoms with Gasteiger partial charge in [-0.25, -0.2) is 0 Å². The molecule has 0 aliphatic carbocycles. The quantitative estimate of drug-likeness (QED) is 0.527. The van der Waals surface area contributed by atoms with E-state index in [4.69, 9.17) is 5.41 Å². The third-order valence-corrected chi connectivity index (χ3v) is 5.02. The lowest BCUT2D eigenvalue weighted by molar-refractivity contribution is 0.843. The van der Waals surface area contributed by atoms with E-state index in [0.29, 0.717) is 12.1 Å². The van der Waals surface area contributed by atoms with Crippen molar-refractivity contribution in [3.8, 4) is 0 Å². The lowest BCUT2D eigenvalue weighted by atomic mass is 9.83. The summed E-state index contributed by atoms with van der Waals surface area (Å²) < 4.78 is 1.07. The van der Waals surface area contributed by atoms with Gasteiger partial charge < -0.3 is 5.41 Å². The van der Waals surface area contributed by atoms with Gasteiger partial charge in [0.2, 0.25) is 0 Å². The summed E-state index contributed by atoms with van der Waals surface area (Å²) in [5.74, 6) is 0.162. The minimum atomic E-state index is 0.162. The molecule has 0 bridgehead atoms. The molecule has 3 heteroatoms. The first kappa shape index (κ1) is 17.6. The number of aromatic nitrogens is 1. The molecule has 2 aromatic carbocycles. The fraction of sp³-hybridized carbons (Fsp3) is 0.182. The van der Waals surface area contributed by atoms with Crippen LogP contribution < -0.4 is 0 Å². The van der Waals surface area contributed by atoms with Gasteiger partial charge in [-0.15, -0.1) is 0 Å². The van der Waals surface area contributed by atoms with Crippen LogP contribution in [0.2, 0.25) is 0 Å². The number of benzene rings is 2. The Hall–Kier alpha value is -2.26. The standard InChI is InChI=1S/C22H21BrN2/c1-15-5-3-4-6-20(15)21(17-7-9-19(23)10-8-17)14-22(24)18-11-12-25-16(2)13-18/h3-13,21,24H,14H2,1-2H3. The maximum Gasteiger partial charge on any atom is 0.0396 e. The molecule has 0 amide bonds. The lowest BCUT2D eigenvalue weighted by Gasteiger charge is -2.21. The summed E-state index contributed by atoms with van der Waals surface area (Å²) in [4.78, 5) is 4.24. The Labute approximate surface area is 157 Å². The largest absolute Gasteiger partial charge is 0.305 e. The molecule has 1 unspecified atom stereocenters. The Balaban J connectivity index is 1.98. The Bertz CT molecular complexity index is 885. The van der Waals surface area contributed by atoms with Crippen molar-refractivity contribution in [1.82, 2.24) is 4.98 Å². The van der Waals surface area contributed by atoms with Gasteiger partial charge >= 0.3 is 0 Å². The predicted octanol–water partition coefficient (Wildman–Crippen LogP) is 6.05. The van der Waals surface area contributed by atoms with E-state index in [9.17, 15) is 0 Å². The third kappa shape index (κ3) is 4.23. The predicted molar refractivity (Wildman–Crippen MR) is 108 cm³/mol. The van der Waals surface area contributed by atoms with E-state index >= 15 is 0 Å². The summed E-state index contributed by atoms with van der Waals surface area (Å²) in [6, 6.07) is 20.8. The number of nitrogens with one attached hydrogen (secondary N) is 1. The Morgan fingerprint density at radius 3 is 2.44 bits per heavy atom. The topological polar surface area (TPSA) is 36.7 Å². The van der Waals surface area contributed by atoms with Crippen LogP contribution in [0.5, 0.6) is 0 Å². The van der Waals surface area contributed by atoms with E-state index in [-0.39, 0.29) is 5.92 Å². The first-order valence-corrected chi connectivity index (χ1v) is 9.15. The summed E-state index contributed by atoms with van der Waals surface area (Å²) in [6.45, 7) is 4.10. The van der Waals surface area contributed by atoms with Gasteiger partial charge in [0.05, 0.1) is 0 Å². The molecule has 25 heavy (non-hydrogen) atoms. The van der Waals surface area contributed by atoms with Gasteiger partial charge in [-0.05, 0) is 60.4 Å². The molecule has 0 saturated heterocycles. The van der Waals surface area contributed by atoms with Crippen molar-refractivity contribution in [3.63, 3.8) is 0 Å². The molecular formula is C22H21BrN2.